The number of benzene rings is 12. The highest BCUT2D eigenvalue weighted by molar-refractivity contribution is 6.14. The van der Waals surface area contributed by atoms with Gasteiger partial charge in [-0.25, -0.2) is 4.98 Å². The van der Waals surface area contributed by atoms with Gasteiger partial charge < -0.3 is 9.13 Å². The molecule has 0 amide bonds. The average Bonchev–Trinajstić information content (AvgIpc) is 1.60. The van der Waals surface area contributed by atoms with E-state index in [4.69, 9.17) is 15.0 Å². The molecule has 12 aromatic carbocycles. The molecule has 4 aromatic heterocycles. The summed E-state index contributed by atoms with van der Waals surface area (Å²) in [5.41, 5.74) is 24.3. The van der Waals surface area contributed by atoms with Crippen LogP contribution < -0.4 is 0 Å². The van der Waals surface area contributed by atoms with Crippen molar-refractivity contribution in [3.05, 3.63) is 289 Å². The molecule has 0 spiro atoms. The molecule has 16 aromatic rings. The Bertz CT molecular complexity index is 5290. The average molecular weight is 1260 g/mol. The Labute approximate surface area is 569 Å². The van der Waals surface area contributed by atoms with Crippen molar-refractivity contribution in [3.63, 3.8) is 0 Å². The minimum absolute atomic E-state index is 0.0602. The van der Waals surface area contributed by atoms with Crippen molar-refractivity contribution in [1.29, 1.82) is 0 Å². The van der Waals surface area contributed by atoms with Crippen molar-refractivity contribution in [2.75, 3.05) is 0 Å². The lowest BCUT2D eigenvalue weighted by molar-refractivity contribution is 0.590. The second-order valence-electron chi connectivity index (χ2n) is 30.5. The van der Waals surface area contributed by atoms with Crippen molar-refractivity contribution in [2.24, 2.45) is 0 Å². The fourth-order valence-electron chi connectivity index (χ4n) is 14.6. The Morgan fingerprint density at radius 3 is 0.794 bits per heavy atom. The first-order valence-corrected chi connectivity index (χ1v) is 34.2. The van der Waals surface area contributed by atoms with E-state index in [2.05, 4.69) is 364 Å². The second-order valence-corrected chi connectivity index (χ2v) is 30.5. The first-order chi connectivity index (χ1) is 46.6. The van der Waals surface area contributed by atoms with Gasteiger partial charge in [0.1, 0.15) is 0 Å². The first kappa shape index (κ1) is 61.0. The van der Waals surface area contributed by atoms with Gasteiger partial charge in [0, 0.05) is 43.4 Å². The van der Waals surface area contributed by atoms with Gasteiger partial charge in [-0.05, 0) is 185 Å². The zero-order valence-corrected chi connectivity index (χ0v) is 57.6. The van der Waals surface area contributed by atoms with E-state index >= 15 is 0 Å². The van der Waals surface area contributed by atoms with Gasteiger partial charge in [0.15, 0.2) is 11.6 Å². The minimum atomic E-state index is -0.0602. The largest absolute Gasteiger partial charge is 0.309 e. The van der Waals surface area contributed by atoms with E-state index in [9.17, 15) is 0 Å². The summed E-state index contributed by atoms with van der Waals surface area (Å²) in [4.78, 5) is 17.5. The lowest BCUT2D eigenvalue weighted by atomic mass is 9.85. The Morgan fingerprint density at radius 2 is 0.474 bits per heavy atom. The molecule has 0 N–H and O–H groups in total. The van der Waals surface area contributed by atoms with Gasteiger partial charge >= 0.3 is 0 Å². The highest BCUT2D eigenvalue weighted by Gasteiger charge is 2.28. The SMILES string of the molecule is CC(C)(C)c1ccc2c(c1)c1cc(C(C)(C)C)ccc1n2-c1ccccc1-c1nc(-c2ccccc2-n2c3ccc(C(C)(C)C)cc3c3cc(C(C)(C)C)ccc32)nc(-n2c3ccc(-c4ccccc4-c4ccccc4)cc3c3cc(-c4ccccc4-c4ccccc4)ccc32)n1. The van der Waals surface area contributed by atoms with Crippen LogP contribution in [0.2, 0.25) is 0 Å². The molecule has 0 atom stereocenters. The van der Waals surface area contributed by atoms with Crippen LogP contribution in [0, 0.1) is 0 Å². The van der Waals surface area contributed by atoms with Crippen LogP contribution in [0.1, 0.15) is 105 Å². The van der Waals surface area contributed by atoms with E-state index in [-0.39, 0.29) is 21.7 Å². The summed E-state index contributed by atoms with van der Waals surface area (Å²) in [6.07, 6.45) is 0. The monoisotopic (exact) mass is 1260 g/mol. The fraction of sp³-hybridized carbons (Fsp3) is 0.176. The van der Waals surface area contributed by atoms with Crippen molar-refractivity contribution in [2.45, 2.75) is 105 Å². The Balaban J connectivity index is 0.994. The van der Waals surface area contributed by atoms with Crippen LogP contribution in [0.4, 0.5) is 0 Å². The number of hydrogen-bond donors (Lipinski definition) is 0. The summed E-state index contributed by atoms with van der Waals surface area (Å²) < 4.78 is 7.17. The van der Waals surface area contributed by atoms with Gasteiger partial charge in [0.2, 0.25) is 5.95 Å². The zero-order chi connectivity index (χ0) is 66.9. The fourth-order valence-corrected chi connectivity index (χ4v) is 14.6. The molecule has 0 fully saturated rings. The summed E-state index contributed by atoms with van der Waals surface area (Å²) in [5, 5.41) is 7.03. The van der Waals surface area contributed by atoms with Gasteiger partial charge in [-0.15, -0.1) is 0 Å². The zero-order valence-electron chi connectivity index (χ0n) is 57.6. The van der Waals surface area contributed by atoms with Gasteiger partial charge in [-0.1, -0.05) is 253 Å². The van der Waals surface area contributed by atoms with E-state index in [0.717, 1.165) is 88.6 Å². The standard InChI is InChI=1S/C91H80N6/c1-88(2,3)61-41-47-79-73(53-61)74-54-62(89(4,5)6)42-48-80(74)95(79)77-37-25-23-35-69(77)85-92-86(70-36-24-26-38-78(70)96-81-49-43-63(90(7,8)9)55-75(81)76-56-64(91(10,11)12)44-50-82(76)96)94-87(93-85)97-83-45-39-59(67-33-21-19-31-65(67)57-27-15-13-16-28-57)51-71(83)72-52-60(40-46-84(72)97)68-34-22-20-32-66(68)58-29-17-14-18-30-58/h13-56H,1-12H3. The van der Waals surface area contributed by atoms with Crippen LogP contribution in [0.3, 0.4) is 0 Å². The highest BCUT2D eigenvalue weighted by atomic mass is 15.2. The Kier molecular flexibility index (Phi) is 14.4. The molecule has 0 aliphatic heterocycles. The summed E-state index contributed by atoms with van der Waals surface area (Å²) in [6, 6.07) is 98.4. The molecule has 0 unspecified atom stereocenters. The first-order valence-electron chi connectivity index (χ1n) is 34.2. The maximum Gasteiger partial charge on any atom is 0.238 e. The number of hydrogen-bond acceptors (Lipinski definition) is 3. The number of para-hydroxylation sites is 2. The topological polar surface area (TPSA) is 53.5 Å². The van der Waals surface area contributed by atoms with E-state index in [1.807, 2.05) is 0 Å². The molecule has 16 rings (SSSR count). The molecule has 6 heteroatoms. The molecule has 474 valence electrons. The third kappa shape index (κ3) is 10.6. The predicted molar refractivity (Wildman–Crippen MR) is 410 cm³/mol. The van der Waals surface area contributed by atoms with Crippen LogP contribution >= 0.6 is 0 Å². The third-order valence-electron chi connectivity index (χ3n) is 20.0. The molecule has 6 nitrogen and oxygen atoms in total. The van der Waals surface area contributed by atoms with Gasteiger partial charge in [0.05, 0.1) is 44.5 Å². The van der Waals surface area contributed by atoms with Crippen molar-refractivity contribution < 1.29 is 0 Å². The van der Waals surface area contributed by atoms with Crippen LogP contribution in [0.5, 0.6) is 0 Å². The molecule has 4 heterocycles. The molecule has 0 aliphatic rings. The van der Waals surface area contributed by atoms with Crippen LogP contribution in [-0.4, -0.2) is 28.7 Å². The lowest BCUT2D eigenvalue weighted by Gasteiger charge is -2.20. The number of nitrogens with zero attached hydrogens (tertiary/aromatic N) is 6. The molecule has 0 saturated heterocycles. The van der Waals surface area contributed by atoms with E-state index in [1.165, 1.54) is 66.1 Å². The second kappa shape index (κ2) is 22.9. The number of rotatable bonds is 9. The molecule has 0 aliphatic carbocycles. The number of aromatic nitrogens is 6. The maximum atomic E-state index is 5.84. The smallest absolute Gasteiger partial charge is 0.238 e. The predicted octanol–water partition coefficient (Wildman–Crippen LogP) is 24.4. The molecule has 0 saturated carbocycles. The van der Waals surface area contributed by atoms with Gasteiger partial charge in [-0.3, -0.25) is 4.57 Å². The summed E-state index contributed by atoms with van der Waals surface area (Å²) in [7, 11) is 0. The molecule has 0 bridgehead atoms. The lowest BCUT2D eigenvalue weighted by Crippen LogP contribution is -2.10. The van der Waals surface area contributed by atoms with Crippen LogP contribution in [-0.2, 0) is 21.7 Å². The molecule has 0 radical (unpaired) electrons. The van der Waals surface area contributed by atoms with Gasteiger partial charge in [-0.2, -0.15) is 9.97 Å². The van der Waals surface area contributed by atoms with E-state index in [1.54, 1.807) is 0 Å². The molecular weight excluding hydrogens is 1180 g/mol. The van der Waals surface area contributed by atoms with Crippen LogP contribution in [0.25, 0.3) is 150 Å². The summed E-state index contributed by atoms with van der Waals surface area (Å²) in [5.74, 6) is 1.63. The van der Waals surface area contributed by atoms with Gasteiger partial charge in [0.25, 0.3) is 0 Å². The normalized spacial score (nSPS) is 12.5. The van der Waals surface area contributed by atoms with Crippen molar-refractivity contribution >= 4 is 65.4 Å². The van der Waals surface area contributed by atoms with E-state index in [0.29, 0.717) is 17.6 Å². The molecule has 97 heavy (non-hydrogen) atoms. The minimum Gasteiger partial charge on any atom is -0.309 e. The van der Waals surface area contributed by atoms with Crippen LogP contribution in [0.15, 0.2) is 267 Å². The molecular formula is C91H80N6. The van der Waals surface area contributed by atoms with Crippen molar-refractivity contribution in [3.8, 4) is 84.6 Å². The number of fused-ring (bicyclic) bond motifs is 9. The Morgan fingerprint density at radius 1 is 0.216 bits per heavy atom. The third-order valence-corrected chi connectivity index (χ3v) is 20.0. The van der Waals surface area contributed by atoms with Crippen molar-refractivity contribution in [1.82, 2.24) is 28.7 Å². The highest BCUT2D eigenvalue weighted by Crippen LogP contribution is 2.46. The quantitative estimate of drug-likeness (QED) is 0.145. The summed E-state index contributed by atoms with van der Waals surface area (Å²) >= 11 is 0. The Hall–Kier alpha value is -11.0. The van der Waals surface area contributed by atoms with E-state index < -0.39 is 0 Å². The maximum absolute atomic E-state index is 5.84. The summed E-state index contributed by atoms with van der Waals surface area (Å²) in [6.45, 7) is 27.6.